The molecule has 2 atom stereocenters. The van der Waals surface area contributed by atoms with Crippen molar-refractivity contribution in [2.24, 2.45) is 11.8 Å². The first-order valence-electron chi connectivity index (χ1n) is 7.34. The summed E-state index contributed by atoms with van der Waals surface area (Å²) in [6.07, 6.45) is 0.886. The van der Waals surface area contributed by atoms with E-state index >= 15 is 0 Å². The fourth-order valence-electron chi connectivity index (χ4n) is 2.30. The van der Waals surface area contributed by atoms with Gasteiger partial charge in [-0.1, -0.05) is 12.1 Å². The zero-order valence-corrected chi connectivity index (χ0v) is 13.2. The van der Waals surface area contributed by atoms with Gasteiger partial charge in [0.2, 0.25) is 5.82 Å². The first-order valence-corrected chi connectivity index (χ1v) is 7.34. The van der Waals surface area contributed by atoms with Gasteiger partial charge in [-0.15, -0.1) is 0 Å². The second-order valence-corrected chi connectivity index (χ2v) is 5.51. The number of carbonyl (C=O) groups excluding carboxylic acids is 1. The SMILES string of the molecule is COc1ccc(-c2noc(COC(=O)[C@@H]3C[C@@H]3C)n2)c(OC)c1. The minimum absolute atomic E-state index is 0.0130. The molecule has 0 amide bonds. The molecular weight excluding hydrogens is 300 g/mol. The fourth-order valence-corrected chi connectivity index (χ4v) is 2.30. The van der Waals surface area contributed by atoms with Crippen LogP contribution in [0.4, 0.5) is 0 Å². The molecule has 0 unspecified atom stereocenters. The van der Waals surface area contributed by atoms with E-state index in [0.717, 1.165) is 6.42 Å². The van der Waals surface area contributed by atoms with E-state index in [1.165, 1.54) is 0 Å². The van der Waals surface area contributed by atoms with Gasteiger partial charge in [-0.25, -0.2) is 0 Å². The van der Waals surface area contributed by atoms with E-state index in [0.29, 0.717) is 28.8 Å². The molecule has 0 radical (unpaired) electrons. The summed E-state index contributed by atoms with van der Waals surface area (Å²) < 4.78 is 20.8. The molecule has 23 heavy (non-hydrogen) atoms. The van der Waals surface area contributed by atoms with Crippen molar-refractivity contribution in [2.45, 2.75) is 20.0 Å². The van der Waals surface area contributed by atoms with Gasteiger partial charge in [0, 0.05) is 6.07 Å². The molecule has 1 aromatic carbocycles. The van der Waals surface area contributed by atoms with Gasteiger partial charge < -0.3 is 18.7 Å². The maximum Gasteiger partial charge on any atom is 0.309 e. The Hall–Kier alpha value is -2.57. The van der Waals surface area contributed by atoms with Crippen molar-refractivity contribution >= 4 is 5.97 Å². The van der Waals surface area contributed by atoms with Crippen molar-refractivity contribution in [3.05, 3.63) is 24.1 Å². The number of rotatable bonds is 6. The minimum Gasteiger partial charge on any atom is -0.497 e. The van der Waals surface area contributed by atoms with Crippen molar-refractivity contribution in [3.8, 4) is 22.9 Å². The summed E-state index contributed by atoms with van der Waals surface area (Å²) in [4.78, 5) is 15.9. The van der Waals surface area contributed by atoms with Gasteiger partial charge in [-0.2, -0.15) is 4.98 Å². The van der Waals surface area contributed by atoms with Crippen LogP contribution < -0.4 is 9.47 Å². The van der Waals surface area contributed by atoms with Crippen LogP contribution in [0.5, 0.6) is 11.5 Å². The first-order chi connectivity index (χ1) is 11.1. The predicted molar refractivity (Wildman–Crippen MR) is 79.9 cm³/mol. The van der Waals surface area contributed by atoms with Crippen LogP contribution in [0.25, 0.3) is 11.4 Å². The molecule has 0 saturated heterocycles. The molecule has 1 aliphatic carbocycles. The third kappa shape index (κ3) is 3.28. The Bertz CT molecular complexity index is 712. The molecule has 0 bridgehead atoms. The Labute approximate surface area is 133 Å². The number of esters is 1. The molecule has 1 saturated carbocycles. The van der Waals surface area contributed by atoms with Gasteiger partial charge in [0.15, 0.2) is 6.61 Å². The number of carbonyl (C=O) groups is 1. The molecule has 1 heterocycles. The number of aromatic nitrogens is 2. The summed E-state index contributed by atoms with van der Waals surface area (Å²) >= 11 is 0. The van der Waals surface area contributed by atoms with Gasteiger partial charge in [-0.05, 0) is 24.5 Å². The predicted octanol–water partition coefficient (Wildman–Crippen LogP) is 2.45. The second kappa shape index (κ2) is 6.28. The average molecular weight is 318 g/mol. The van der Waals surface area contributed by atoms with Crippen LogP contribution in [0.1, 0.15) is 19.2 Å². The minimum atomic E-state index is -0.209. The lowest BCUT2D eigenvalue weighted by atomic mass is 10.2. The van der Waals surface area contributed by atoms with Gasteiger partial charge in [0.05, 0.1) is 25.7 Å². The smallest absolute Gasteiger partial charge is 0.309 e. The van der Waals surface area contributed by atoms with E-state index in [4.69, 9.17) is 18.7 Å². The Balaban J connectivity index is 1.70. The Morgan fingerprint density at radius 1 is 1.35 bits per heavy atom. The summed E-state index contributed by atoms with van der Waals surface area (Å²) in [5.41, 5.74) is 0.672. The van der Waals surface area contributed by atoms with Crippen molar-refractivity contribution < 1.29 is 23.5 Å². The number of nitrogens with zero attached hydrogens (tertiary/aromatic N) is 2. The van der Waals surface area contributed by atoms with Crippen LogP contribution in [0.3, 0.4) is 0 Å². The third-order valence-electron chi connectivity index (χ3n) is 3.87. The molecule has 0 N–H and O–H groups in total. The molecule has 7 nitrogen and oxygen atoms in total. The van der Waals surface area contributed by atoms with Crippen LogP contribution in [-0.2, 0) is 16.1 Å². The monoisotopic (exact) mass is 318 g/mol. The summed E-state index contributed by atoms with van der Waals surface area (Å²) in [5.74, 6) is 2.07. The van der Waals surface area contributed by atoms with Crippen LogP contribution in [0.15, 0.2) is 22.7 Å². The van der Waals surface area contributed by atoms with Crippen molar-refractivity contribution in [1.82, 2.24) is 10.1 Å². The van der Waals surface area contributed by atoms with Crippen molar-refractivity contribution in [3.63, 3.8) is 0 Å². The fraction of sp³-hybridized carbons (Fsp3) is 0.438. The molecule has 122 valence electrons. The zero-order chi connectivity index (χ0) is 16.4. The molecule has 7 heteroatoms. The molecule has 1 aliphatic rings. The second-order valence-electron chi connectivity index (χ2n) is 5.51. The highest BCUT2D eigenvalue weighted by Gasteiger charge is 2.40. The lowest BCUT2D eigenvalue weighted by molar-refractivity contribution is -0.147. The number of hydrogen-bond acceptors (Lipinski definition) is 7. The number of hydrogen-bond donors (Lipinski definition) is 0. The summed E-state index contributed by atoms with van der Waals surface area (Å²) in [7, 11) is 3.13. The van der Waals surface area contributed by atoms with Gasteiger partial charge in [0.1, 0.15) is 11.5 Å². The highest BCUT2D eigenvalue weighted by atomic mass is 16.6. The van der Waals surface area contributed by atoms with Gasteiger partial charge in [-0.3, -0.25) is 4.79 Å². The molecule has 0 aliphatic heterocycles. The lowest BCUT2D eigenvalue weighted by Gasteiger charge is -2.07. The number of methoxy groups -OCH3 is 2. The van der Waals surface area contributed by atoms with E-state index in [1.807, 2.05) is 6.92 Å². The van der Waals surface area contributed by atoms with Gasteiger partial charge >= 0.3 is 5.97 Å². The number of ether oxygens (including phenoxy) is 3. The zero-order valence-electron chi connectivity index (χ0n) is 13.2. The summed E-state index contributed by atoms with van der Waals surface area (Å²) in [6, 6.07) is 5.30. The van der Waals surface area contributed by atoms with E-state index in [9.17, 15) is 4.79 Å². The Kier molecular flexibility index (Phi) is 4.18. The van der Waals surface area contributed by atoms with E-state index in [2.05, 4.69) is 10.1 Å². The Morgan fingerprint density at radius 3 is 2.78 bits per heavy atom. The quantitative estimate of drug-likeness (QED) is 0.756. The maximum absolute atomic E-state index is 11.7. The summed E-state index contributed by atoms with van der Waals surface area (Å²) in [6.45, 7) is 2.00. The molecule has 2 aromatic rings. The van der Waals surface area contributed by atoms with Gasteiger partial charge in [0.25, 0.3) is 5.89 Å². The van der Waals surface area contributed by atoms with E-state index in [1.54, 1.807) is 32.4 Å². The molecular formula is C16H18N2O5. The molecule has 1 fully saturated rings. The first kappa shape index (κ1) is 15.3. The van der Waals surface area contributed by atoms with E-state index in [-0.39, 0.29) is 24.4 Å². The van der Waals surface area contributed by atoms with Crippen LogP contribution in [-0.4, -0.2) is 30.3 Å². The van der Waals surface area contributed by atoms with Crippen LogP contribution >= 0.6 is 0 Å². The van der Waals surface area contributed by atoms with Crippen LogP contribution in [0, 0.1) is 11.8 Å². The average Bonchev–Trinajstić information content (AvgIpc) is 3.12. The van der Waals surface area contributed by atoms with Crippen LogP contribution in [0.2, 0.25) is 0 Å². The highest BCUT2D eigenvalue weighted by molar-refractivity contribution is 5.75. The van der Waals surface area contributed by atoms with Crippen molar-refractivity contribution in [1.29, 1.82) is 0 Å². The molecule has 0 spiro atoms. The number of benzene rings is 1. The normalized spacial score (nSPS) is 19.3. The largest absolute Gasteiger partial charge is 0.497 e. The standard InChI is InChI=1S/C16H18N2O5/c1-9-6-12(9)16(19)22-8-14-17-15(18-23-14)11-5-4-10(20-2)7-13(11)21-3/h4-5,7,9,12H,6,8H2,1-3H3/t9-,12+/m0/s1. The summed E-state index contributed by atoms with van der Waals surface area (Å²) in [5, 5.41) is 3.91. The molecule has 3 rings (SSSR count). The lowest BCUT2D eigenvalue weighted by Crippen LogP contribution is -2.07. The Morgan fingerprint density at radius 2 is 2.13 bits per heavy atom. The van der Waals surface area contributed by atoms with E-state index < -0.39 is 0 Å². The topological polar surface area (TPSA) is 83.7 Å². The third-order valence-corrected chi connectivity index (χ3v) is 3.87. The highest BCUT2D eigenvalue weighted by Crippen LogP contribution is 2.38. The molecule has 1 aromatic heterocycles. The maximum atomic E-state index is 11.7. The van der Waals surface area contributed by atoms with Crippen molar-refractivity contribution in [2.75, 3.05) is 14.2 Å².